The van der Waals surface area contributed by atoms with E-state index in [-0.39, 0.29) is 12.5 Å². The summed E-state index contributed by atoms with van der Waals surface area (Å²) in [6.45, 7) is 5.47. The van der Waals surface area contributed by atoms with E-state index in [9.17, 15) is 18.0 Å². The number of hydrogen-bond acceptors (Lipinski definition) is 5. The predicted octanol–water partition coefficient (Wildman–Crippen LogP) is 1.07. The van der Waals surface area contributed by atoms with Crippen LogP contribution in [0.25, 0.3) is 0 Å². The van der Waals surface area contributed by atoms with Gasteiger partial charge in [0.1, 0.15) is 5.56 Å². The summed E-state index contributed by atoms with van der Waals surface area (Å²) in [5, 5.41) is 9.30. The normalized spacial score (nSPS) is 16.6. The fraction of sp³-hybridized carbons (Fsp3) is 0.615. The van der Waals surface area contributed by atoms with Crippen LogP contribution in [-0.4, -0.2) is 65.2 Å². The van der Waals surface area contributed by atoms with Crippen LogP contribution in [0.1, 0.15) is 12.5 Å². The molecular weight excluding hydrogens is 299 g/mol. The first-order valence-corrected chi connectivity index (χ1v) is 7.04. The molecule has 0 bridgehead atoms. The molecule has 0 spiro atoms. The van der Waals surface area contributed by atoms with Crippen molar-refractivity contribution >= 4 is 11.7 Å². The quantitative estimate of drug-likeness (QED) is 0.900. The average Bonchev–Trinajstić information content (AvgIpc) is 2.52. The van der Waals surface area contributed by atoms with E-state index in [1.54, 1.807) is 4.90 Å². The second-order valence-electron chi connectivity index (χ2n) is 4.96. The Bertz CT molecular complexity index is 515. The molecule has 0 saturated carbocycles. The van der Waals surface area contributed by atoms with Gasteiger partial charge in [-0.15, -0.1) is 5.10 Å². The second kappa shape index (κ2) is 6.91. The Kier molecular flexibility index (Phi) is 5.17. The van der Waals surface area contributed by atoms with Crippen LogP contribution < -0.4 is 5.32 Å². The third-order valence-electron chi connectivity index (χ3n) is 3.61. The third kappa shape index (κ3) is 4.06. The molecule has 1 amide bonds. The maximum Gasteiger partial charge on any atom is 0.420 e. The minimum absolute atomic E-state index is 0.228. The maximum atomic E-state index is 12.8. The van der Waals surface area contributed by atoms with Crippen LogP contribution in [0.5, 0.6) is 0 Å². The van der Waals surface area contributed by atoms with Gasteiger partial charge in [-0.05, 0) is 12.6 Å². The summed E-state index contributed by atoms with van der Waals surface area (Å²) < 4.78 is 38.4. The second-order valence-corrected chi connectivity index (χ2v) is 4.96. The molecule has 1 fully saturated rings. The highest BCUT2D eigenvalue weighted by molar-refractivity contribution is 5.80. The van der Waals surface area contributed by atoms with Crippen molar-refractivity contribution in [3.05, 3.63) is 17.8 Å². The highest BCUT2D eigenvalue weighted by Gasteiger charge is 2.34. The van der Waals surface area contributed by atoms with Gasteiger partial charge in [-0.25, -0.2) is 0 Å². The predicted molar refractivity (Wildman–Crippen MR) is 74.2 cm³/mol. The van der Waals surface area contributed by atoms with Crippen LogP contribution in [0.2, 0.25) is 0 Å². The van der Waals surface area contributed by atoms with E-state index in [0.717, 1.165) is 31.9 Å². The number of piperazine rings is 1. The highest BCUT2D eigenvalue weighted by atomic mass is 19.4. The lowest BCUT2D eigenvalue weighted by Gasteiger charge is -2.34. The fourth-order valence-corrected chi connectivity index (χ4v) is 2.28. The Morgan fingerprint density at radius 2 is 2.00 bits per heavy atom. The number of amides is 1. The number of hydrogen-bond donors (Lipinski definition) is 1. The van der Waals surface area contributed by atoms with E-state index in [1.165, 1.54) is 0 Å². The molecular formula is C13H18F3N5O. The molecule has 2 rings (SSSR count). The lowest BCUT2D eigenvalue weighted by Crippen LogP contribution is -2.49. The van der Waals surface area contributed by atoms with Gasteiger partial charge in [-0.2, -0.15) is 18.3 Å². The number of nitrogens with one attached hydrogen (secondary N) is 1. The number of anilines is 1. The van der Waals surface area contributed by atoms with E-state index >= 15 is 0 Å². The first-order valence-electron chi connectivity index (χ1n) is 7.04. The summed E-state index contributed by atoms with van der Waals surface area (Å²) in [6, 6.07) is 0.833. The number of aromatic nitrogens is 2. The Balaban J connectivity index is 1.92. The molecule has 1 aliphatic heterocycles. The zero-order valence-electron chi connectivity index (χ0n) is 12.2. The Morgan fingerprint density at radius 1 is 1.32 bits per heavy atom. The molecule has 1 N–H and O–H groups in total. The van der Waals surface area contributed by atoms with Gasteiger partial charge in [0, 0.05) is 26.2 Å². The van der Waals surface area contributed by atoms with E-state index in [1.807, 2.05) is 6.92 Å². The molecule has 0 radical (unpaired) electrons. The van der Waals surface area contributed by atoms with Gasteiger partial charge < -0.3 is 15.1 Å². The van der Waals surface area contributed by atoms with Gasteiger partial charge in [-0.3, -0.25) is 4.79 Å². The minimum atomic E-state index is -4.53. The summed E-state index contributed by atoms with van der Waals surface area (Å²) in [5.41, 5.74) is -0.925. The zero-order valence-corrected chi connectivity index (χ0v) is 12.2. The van der Waals surface area contributed by atoms with Crippen LogP contribution in [0.4, 0.5) is 19.0 Å². The number of carbonyl (C=O) groups is 1. The third-order valence-corrected chi connectivity index (χ3v) is 3.61. The van der Waals surface area contributed by atoms with E-state index in [0.29, 0.717) is 13.1 Å². The maximum absolute atomic E-state index is 12.8. The lowest BCUT2D eigenvalue weighted by molar-refractivity contribution is -0.137. The molecule has 6 nitrogen and oxygen atoms in total. The molecule has 1 aromatic heterocycles. The molecule has 0 unspecified atom stereocenters. The van der Waals surface area contributed by atoms with Crippen LogP contribution in [0.3, 0.4) is 0 Å². The van der Waals surface area contributed by atoms with Crippen molar-refractivity contribution < 1.29 is 18.0 Å². The topological polar surface area (TPSA) is 61.4 Å². The van der Waals surface area contributed by atoms with Crippen molar-refractivity contribution in [1.82, 2.24) is 20.0 Å². The van der Waals surface area contributed by atoms with Crippen molar-refractivity contribution in [2.45, 2.75) is 13.1 Å². The van der Waals surface area contributed by atoms with Crippen molar-refractivity contribution in [1.29, 1.82) is 0 Å². The van der Waals surface area contributed by atoms with Crippen LogP contribution in [0, 0.1) is 0 Å². The number of nitrogens with zero attached hydrogens (tertiary/aromatic N) is 4. The molecule has 22 heavy (non-hydrogen) atoms. The number of carbonyl (C=O) groups excluding carboxylic acids is 1. The van der Waals surface area contributed by atoms with Gasteiger partial charge in [0.25, 0.3) is 0 Å². The first-order chi connectivity index (χ1) is 10.4. The number of likely N-dealkylation sites (N-methyl/N-ethyl adjacent to an activating group) is 1. The Hall–Kier alpha value is -1.90. The molecule has 0 aliphatic carbocycles. The summed E-state index contributed by atoms with van der Waals surface area (Å²) in [7, 11) is 0. The van der Waals surface area contributed by atoms with Crippen LogP contribution in [-0.2, 0) is 11.0 Å². The lowest BCUT2D eigenvalue weighted by atomic mass is 10.2. The first kappa shape index (κ1) is 16.5. The van der Waals surface area contributed by atoms with E-state index in [4.69, 9.17) is 0 Å². The van der Waals surface area contributed by atoms with Crippen molar-refractivity contribution in [2.24, 2.45) is 0 Å². The molecule has 122 valence electrons. The van der Waals surface area contributed by atoms with Crippen molar-refractivity contribution in [3.8, 4) is 0 Å². The van der Waals surface area contributed by atoms with Gasteiger partial charge in [-0.1, -0.05) is 6.92 Å². The van der Waals surface area contributed by atoms with Crippen LogP contribution >= 0.6 is 0 Å². The van der Waals surface area contributed by atoms with Crippen molar-refractivity contribution in [3.63, 3.8) is 0 Å². The molecule has 1 aromatic rings. The number of alkyl halides is 3. The SMILES string of the molecule is CCN1CCN(C(=O)CNc2nnccc2C(F)(F)F)CC1. The zero-order chi connectivity index (χ0) is 16.2. The van der Waals surface area contributed by atoms with Gasteiger partial charge >= 0.3 is 6.18 Å². The Labute approximate surface area is 126 Å². The average molecular weight is 317 g/mol. The molecule has 0 aromatic carbocycles. The standard InChI is InChI=1S/C13H18F3N5O/c1-2-20-5-7-21(8-6-20)11(22)9-17-12-10(13(14,15)16)3-4-18-19-12/h3-4H,2,5-9H2,1H3,(H,17,19). The van der Waals surface area contributed by atoms with Crippen molar-refractivity contribution in [2.75, 3.05) is 44.6 Å². The van der Waals surface area contributed by atoms with E-state index < -0.39 is 17.6 Å². The van der Waals surface area contributed by atoms with Crippen LogP contribution in [0.15, 0.2) is 12.3 Å². The molecule has 9 heteroatoms. The van der Waals surface area contributed by atoms with Gasteiger partial charge in [0.15, 0.2) is 5.82 Å². The summed E-state index contributed by atoms with van der Waals surface area (Å²) in [5.74, 6) is -0.662. The summed E-state index contributed by atoms with van der Waals surface area (Å²) in [4.78, 5) is 15.9. The molecule has 1 saturated heterocycles. The number of halogens is 3. The molecule has 0 atom stereocenters. The smallest absolute Gasteiger partial charge is 0.359 e. The largest absolute Gasteiger partial charge is 0.420 e. The fourth-order valence-electron chi connectivity index (χ4n) is 2.28. The highest BCUT2D eigenvalue weighted by Crippen LogP contribution is 2.32. The van der Waals surface area contributed by atoms with E-state index in [2.05, 4.69) is 20.4 Å². The molecule has 2 heterocycles. The Morgan fingerprint density at radius 3 is 2.59 bits per heavy atom. The molecule has 1 aliphatic rings. The summed E-state index contributed by atoms with van der Waals surface area (Å²) >= 11 is 0. The minimum Gasteiger partial charge on any atom is -0.359 e. The summed E-state index contributed by atoms with van der Waals surface area (Å²) in [6.07, 6.45) is -3.56. The van der Waals surface area contributed by atoms with Gasteiger partial charge in [0.05, 0.1) is 12.7 Å². The number of rotatable bonds is 4. The monoisotopic (exact) mass is 317 g/mol. The van der Waals surface area contributed by atoms with Gasteiger partial charge in [0.2, 0.25) is 5.91 Å².